The number of benzene rings is 5. The highest BCUT2D eigenvalue weighted by Crippen LogP contribution is 2.41. The Kier molecular flexibility index (Phi) is 24.2. The Hall–Kier alpha value is -7.90. The third-order valence-electron chi connectivity index (χ3n) is 17.5. The van der Waals surface area contributed by atoms with E-state index in [-0.39, 0.29) is 73.5 Å². The third kappa shape index (κ3) is 16.5. The summed E-state index contributed by atoms with van der Waals surface area (Å²) in [5.41, 5.74) is 8.61. The maximum absolute atomic E-state index is 15.0. The van der Waals surface area contributed by atoms with Crippen molar-refractivity contribution < 1.29 is 28.8 Å². The van der Waals surface area contributed by atoms with Crippen molar-refractivity contribution in [3.8, 4) is 44.8 Å². The summed E-state index contributed by atoms with van der Waals surface area (Å²) in [6, 6.07) is 40.2. The van der Waals surface area contributed by atoms with Crippen molar-refractivity contribution >= 4 is 58.1 Å². The number of nitrogens with one attached hydrogen (secondary N) is 6. The topological polar surface area (TPSA) is 207 Å². The monoisotopic (exact) mass is 1250 g/mol. The number of carbonyl (C=O) groups is 6. The molecule has 90 heavy (non-hydrogen) atoms. The van der Waals surface area contributed by atoms with Gasteiger partial charge in [0.15, 0.2) is 0 Å². The molecule has 0 bridgehead atoms. The molecule has 6 N–H and O–H groups in total. The van der Waals surface area contributed by atoms with Gasteiger partial charge < -0.3 is 41.7 Å². The van der Waals surface area contributed by atoms with Crippen LogP contribution in [-0.4, -0.2) is 120 Å². The van der Waals surface area contributed by atoms with Crippen molar-refractivity contribution in [2.24, 2.45) is 11.8 Å². The summed E-state index contributed by atoms with van der Waals surface area (Å²) in [5.74, 6) is -1.58. The van der Waals surface area contributed by atoms with Crippen molar-refractivity contribution in [1.82, 2.24) is 51.7 Å². The van der Waals surface area contributed by atoms with Crippen LogP contribution in [0.3, 0.4) is 0 Å². The average molecular weight is 1250 g/mol. The number of likely N-dealkylation sites (tertiary alicyclic amines) is 2. The first-order valence-electron chi connectivity index (χ1n) is 32.4. The molecule has 6 unspecified atom stereocenters. The van der Waals surface area contributed by atoms with E-state index in [0.29, 0.717) is 24.0 Å². The molecular weight excluding hydrogens is 1160 g/mol. The standard InChI is InChI=1S/C68H76N10O6S2.2C2H6/c1-69-37-59(79)75-61(49-19-11-5-12-20-49)67(83)77-39-53(35-57(77)65-73-55(41-85-65)47-27-23-45(24-28-47)43-15-7-3-8-16-43)71-63(81)51-31-33-52(34-32-51)64(82)72-54-36-58(78(40-54)68(84)62(76-60(80)38-70-2)50-21-13-6-14-22-50)66-74-56(42-86-66)48-29-25-46(26-30-48)44-17-9-4-10-18-44;2*1-2/h3-4,7-10,15-18,23-34,41-42,49-50,53-54,57-58,61-62,69-70H,5-6,11-14,19-22,35-40H2,1-2H3,(H,71,81)(H,72,82)(H,75,79)(H,76,80);2*1-2H3. The number of nitrogens with zero attached hydrogens (tertiary/aromatic N) is 4. The second-order valence-electron chi connectivity index (χ2n) is 23.4. The van der Waals surface area contributed by atoms with Gasteiger partial charge in [0, 0.05) is 58.2 Å². The van der Waals surface area contributed by atoms with E-state index in [4.69, 9.17) is 9.97 Å². The van der Waals surface area contributed by atoms with Gasteiger partial charge in [-0.25, -0.2) is 9.97 Å². The molecule has 474 valence electrons. The van der Waals surface area contributed by atoms with E-state index in [1.54, 1.807) is 38.4 Å². The van der Waals surface area contributed by atoms with Crippen LogP contribution < -0.4 is 31.9 Å². The van der Waals surface area contributed by atoms with Crippen molar-refractivity contribution in [3.63, 3.8) is 0 Å². The largest absolute Gasteiger partial charge is 0.347 e. The van der Waals surface area contributed by atoms with Crippen molar-refractivity contribution in [2.45, 2.75) is 141 Å². The first-order valence-corrected chi connectivity index (χ1v) is 34.2. The smallest absolute Gasteiger partial charge is 0.251 e. The number of aromatic nitrogens is 2. The molecule has 2 saturated heterocycles. The molecule has 6 atom stereocenters. The van der Waals surface area contributed by atoms with Gasteiger partial charge in [-0.1, -0.05) is 175 Å². The Balaban J connectivity index is 0.00000235. The van der Waals surface area contributed by atoms with Crippen LogP contribution in [0.1, 0.15) is 148 Å². The van der Waals surface area contributed by atoms with Crippen LogP contribution in [0.4, 0.5) is 0 Å². The maximum atomic E-state index is 15.0. The van der Waals surface area contributed by atoms with Crippen molar-refractivity contribution in [3.05, 3.63) is 165 Å². The molecule has 16 nitrogen and oxygen atoms in total. The second-order valence-corrected chi connectivity index (χ2v) is 25.2. The minimum absolute atomic E-state index is 0.0177. The van der Waals surface area contributed by atoms with Crippen molar-refractivity contribution in [1.29, 1.82) is 0 Å². The van der Waals surface area contributed by atoms with Gasteiger partial charge in [0.2, 0.25) is 23.6 Å². The Bertz CT molecular complexity index is 3230. The molecule has 18 heteroatoms. The Morgan fingerprint density at radius 1 is 0.456 bits per heavy atom. The van der Waals surface area contributed by atoms with Gasteiger partial charge in [-0.3, -0.25) is 28.8 Å². The summed E-state index contributed by atoms with van der Waals surface area (Å²) in [6.07, 6.45) is 10.3. The Morgan fingerprint density at radius 3 is 1.13 bits per heavy atom. The summed E-state index contributed by atoms with van der Waals surface area (Å²) in [7, 11) is 3.41. The molecule has 5 aromatic carbocycles. The lowest BCUT2D eigenvalue weighted by molar-refractivity contribution is -0.139. The summed E-state index contributed by atoms with van der Waals surface area (Å²) in [4.78, 5) is 98.8. The van der Waals surface area contributed by atoms with Gasteiger partial charge in [0.05, 0.1) is 36.6 Å². The predicted octanol–water partition coefficient (Wildman–Crippen LogP) is 12.0. The lowest BCUT2D eigenvalue weighted by Gasteiger charge is -2.34. The lowest BCUT2D eigenvalue weighted by atomic mass is 9.83. The summed E-state index contributed by atoms with van der Waals surface area (Å²) >= 11 is 2.97. The fourth-order valence-electron chi connectivity index (χ4n) is 13.0. The van der Waals surface area contributed by atoms with Gasteiger partial charge in [-0.05, 0) is 111 Å². The summed E-state index contributed by atoms with van der Waals surface area (Å²) < 4.78 is 0. The zero-order valence-electron chi connectivity index (χ0n) is 52.8. The van der Waals surface area contributed by atoms with E-state index in [1.807, 2.05) is 84.7 Å². The van der Waals surface area contributed by atoms with Gasteiger partial charge in [-0.2, -0.15) is 0 Å². The molecule has 6 amide bonds. The van der Waals surface area contributed by atoms with E-state index in [2.05, 4.69) is 105 Å². The van der Waals surface area contributed by atoms with Crippen LogP contribution in [0.25, 0.3) is 44.8 Å². The normalized spacial score (nSPS) is 19.0. The molecule has 2 aromatic heterocycles. The number of rotatable bonds is 20. The maximum Gasteiger partial charge on any atom is 0.251 e. The Labute approximate surface area is 538 Å². The zero-order chi connectivity index (χ0) is 63.5. The van der Waals surface area contributed by atoms with E-state index < -0.39 is 36.3 Å². The van der Waals surface area contributed by atoms with Crippen LogP contribution in [0.2, 0.25) is 0 Å². The zero-order valence-corrected chi connectivity index (χ0v) is 54.5. The molecule has 7 aromatic rings. The minimum atomic E-state index is -0.723. The van der Waals surface area contributed by atoms with Crippen molar-refractivity contribution in [2.75, 3.05) is 40.3 Å². The van der Waals surface area contributed by atoms with Crippen LogP contribution in [-0.2, 0) is 19.2 Å². The molecule has 4 heterocycles. The highest BCUT2D eigenvalue weighted by atomic mass is 32.1. The van der Waals surface area contributed by atoms with E-state index in [9.17, 15) is 19.2 Å². The predicted molar refractivity (Wildman–Crippen MR) is 361 cm³/mol. The SMILES string of the molecule is CC.CC.CNCC(=O)NC(C(=O)N1CC(NC(=O)c2ccc(C(=O)NC3CC(c4nc(-c5ccc(-c6ccccc6)cc5)cs4)N(C(=O)C(NC(=O)CNC)C4CCCCC4)C3)cc2)CC1c1nc(-c2ccc(-c3ccccc3)cc2)cs1)C1CCCCC1. The molecule has 11 rings (SSSR count). The average Bonchev–Trinajstić information content (AvgIpc) is 1.99. The number of thiazole rings is 2. The highest BCUT2D eigenvalue weighted by molar-refractivity contribution is 7.10. The van der Waals surface area contributed by atoms with Gasteiger partial charge >= 0.3 is 0 Å². The first kappa shape index (κ1) is 66.5. The first-order chi connectivity index (χ1) is 44.0. The fraction of sp³-hybridized carbons (Fsp3) is 0.417. The Morgan fingerprint density at radius 2 is 0.789 bits per heavy atom. The van der Waals surface area contributed by atoms with Gasteiger partial charge in [0.25, 0.3) is 11.8 Å². The number of carbonyl (C=O) groups excluding carboxylic acids is 6. The number of hydrogen-bond donors (Lipinski definition) is 6. The van der Waals surface area contributed by atoms with Gasteiger partial charge in [-0.15, -0.1) is 22.7 Å². The number of amides is 6. The van der Waals surface area contributed by atoms with Crippen LogP contribution in [0.5, 0.6) is 0 Å². The quantitative estimate of drug-likeness (QED) is 0.0426. The summed E-state index contributed by atoms with van der Waals surface area (Å²) in [6.45, 7) is 8.61. The second kappa shape index (κ2) is 32.7. The number of likely N-dealkylation sites (N-methyl/N-ethyl adjacent to an activating group) is 2. The van der Waals surface area contributed by atoms with E-state index in [1.165, 1.54) is 22.7 Å². The molecule has 2 aliphatic carbocycles. The fourth-order valence-corrected chi connectivity index (χ4v) is 15.0. The van der Waals surface area contributed by atoms with Crippen LogP contribution in [0, 0.1) is 11.8 Å². The summed E-state index contributed by atoms with van der Waals surface area (Å²) in [5, 5.41) is 24.0. The lowest BCUT2D eigenvalue weighted by Crippen LogP contribution is -2.54. The molecule has 4 fully saturated rings. The van der Waals surface area contributed by atoms with E-state index in [0.717, 1.165) is 119 Å². The van der Waals surface area contributed by atoms with E-state index >= 15 is 9.59 Å². The van der Waals surface area contributed by atoms with Crippen LogP contribution >= 0.6 is 22.7 Å². The molecule has 0 spiro atoms. The molecule has 2 aliphatic heterocycles. The highest BCUT2D eigenvalue weighted by Gasteiger charge is 2.45. The van der Waals surface area contributed by atoms with Gasteiger partial charge in [0.1, 0.15) is 22.1 Å². The molecule has 4 aliphatic rings. The molecule has 2 saturated carbocycles. The third-order valence-corrected chi connectivity index (χ3v) is 19.4. The van der Waals surface area contributed by atoms with Crippen LogP contribution in [0.15, 0.2) is 144 Å². The minimum Gasteiger partial charge on any atom is -0.347 e. The number of hydrogen-bond acceptors (Lipinski definition) is 12. The molecule has 0 radical (unpaired) electrons. The molecular formula is C72H88N10O6S2.